The van der Waals surface area contributed by atoms with Gasteiger partial charge in [0.2, 0.25) is 0 Å². The quantitative estimate of drug-likeness (QED) is 0.875. The van der Waals surface area contributed by atoms with Crippen molar-refractivity contribution in [3.8, 4) is 0 Å². The van der Waals surface area contributed by atoms with Gasteiger partial charge in [0.05, 0.1) is 12.3 Å². The fraction of sp³-hybridized carbons (Fsp3) is 0.188. The molecule has 1 aliphatic heterocycles. The Balaban J connectivity index is 2.15. The van der Waals surface area contributed by atoms with Gasteiger partial charge >= 0.3 is 0 Å². The van der Waals surface area contributed by atoms with Crippen LogP contribution < -0.4 is 4.90 Å². The molecule has 1 unspecified atom stereocenters. The van der Waals surface area contributed by atoms with E-state index in [-0.39, 0.29) is 0 Å². The molecule has 1 heterocycles. The molecular weight excluding hydrogens is 272 g/mol. The van der Waals surface area contributed by atoms with Crippen LogP contribution in [-0.2, 0) is 0 Å². The number of aliphatic hydroxyl groups is 1. The Hall–Kier alpha value is -1.84. The summed E-state index contributed by atoms with van der Waals surface area (Å²) >= 11 is 5.94. The number of fused-ring (bicyclic) bond motifs is 1. The standard InChI is InChI=1S/C16H15ClN2O/c1-19-14-5-3-2-4-13(14)16(18-10-15(19)20)11-6-8-12(17)9-7-11/h2-9,15,20H,10H2,1H3. The number of aliphatic imine (C=N–C) groups is 1. The number of anilines is 1. The van der Waals surface area contributed by atoms with Crippen molar-refractivity contribution in [3.63, 3.8) is 0 Å². The molecule has 3 nitrogen and oxygen atoms in total. The fourth-order valence-electron chi connectivity index (χ4n) is 2.38. The molecule has 2 aromatic carbocycles. The molecule has 0 saturated carbocycles. The first-order chi connectivity index (χ1) is 9.66. The number of hydrogen-bond acceptors (Lipinski definition) is 3. The number of nitrogens with zero attached hydrogens (tertiary/aromatic N) is 2. The molecule has 102 valence electrons. The van der Waals surface area contributed by atoms with Crippen molar-refractivity contribution in [2.24, 2.45) is 4.99 Å². The average molecular weight is 287 g/mol. The highest BCUT2D eigenvalue weighted by molar-refractivity contribution is 6.30. The lowest BCUT2D eigenvalue weighted by Crippen LogP contribution is -2.33. The molecule has 1 aliphatic rings. The second kappa shape index (κ2) is 5.27. The third-order valence-corrected chi connectivity index (χ3v) is 3.77. The van der Waals surface area contributed by atoms with Crippen LogP contribution in [-0.4, -0.2) is 30.6 Å². The monoisotopic (exact) mass is 286 g/mol. The summed E-state index contributed by atoms with van der Waals surface area (Å²) < 4.78 is 0. The van der Waals surface area contributed by atoms with Crippen LogP contribution in [0.5, 0.6) is 0 Å². The number of halogens is 1. The zero-order valence-electron chi connectivity index (χ0n) is 11.1. The summed E-state index contributed by atoms with van der Waals surface area (Å²) in [5.41, 5.74) is 3.89. The molecule has 3 rings (SSSR count). The summed E-state index contributed by atoms with van der Waals surface area (Å²) in [6, 6.07) is 15.6. The summed E-state index contributed by atoms with van der Waals surface area (Å²) in [6.07, 6.45) is -0.610. The minimum Gasteiger partial charge on any atom is -0.372 e. The predicted octanol–water partition coefficient (Wildman–Crippen LogP) is 2.95. The molecule has 0 radical (unpaired) electrons. The maximum atomic E-state index is 10.1. The Bertz CT molecular complexity index is 652. The zero-order valence-corrected chi connectivity index (χ0v) is 11.9. The molecule has 1 N–H and O–H groups in total. The van der Waals surface area contributed by atoms with Gasteiger partial charge in [0.15, 0.2) is 0 Å². The van der Waals surface area contributed by atoms with Gasteiger partial charge in [0.25, 0.3) is 0 Å². The van der Waals surface area contributed by atoms with Gasteiger partial charge in [0.1, 0.15) is 6.23 Å². The van der Waals surface area contributed by atoms with E-state index in [1.165, 1.54) is 0 Å². The van der Waals surface area contributed by atoms with Gasteiger partial charge in [-0.25, -0.2) is 0 Å². The fourth-order valence-corrected chi connectivity index (χ4v) is 2.50. The summed E-state index contributed by atoms with van der Waals surface area (Å²) in [6.45, 7) is 0.350. The van der Waals surface area contributed by atoms with E-state index in [1.807, 2.05) is 60.5 Å². The van der Waals surface area contributed by atoms with E-state index >= 15 is 0 Å². The molecule has 0 saturated heterocycles. The minimum absolute atomic E-state index is 0.350. The predicted molar refractivity (Wildman–Crippen MR) is 82.8 cm³/mol. The Morgan fingerprint density at radius 3 is 2.60 bits per heavy atom. The van der Waals surface area contributed by atoms with Crippen molar-refractivity contribution in [1.82, 2.24) is 0 Å². The van der Waals surface area contributed by atoms with Crippen LogP contribution in [0.1, 0.15) is 11.1 Å². The lowest BCUT2D eigenvalue weighted by molar-refractivity contribution is 0.184. The van der Waals surface area contributed by atoms with Gasteiger partial charge in [-0.3, -0.25) is 4.99 Å². The second-order valence-electron chi connectivity index (χ2n) is 4.80. The van der Waals surface area contributed by atoms with Crippen LogP contribution >= 0.6 is 11.6 Å². The molecule has 20 heavy (non-hydrogen) atoms. The maximum absolute atomic E-state index is 10.1. The van der Waals surface area contributed by atoms with Crippen molar-refractivity contribution < 1.29 is 5.11 Å². The van der Waals surface area contributed by atoms with Gasteiger partial charge < -0.3 is 10.0 Å². The van der Waals surface area contributed by atoms with Crippen molar-refractivity contribution in [2.75, 3.05) is 18.5 Å². The molecular formula is C16H15ClN2O. The third kappa shape index (κ3) is 2.30. The summed E-state index contributed by atoms with van der Waals surface area (Å²) in [4.78, 5) is 6.43. The van der Waals surface area contributed by atoms with Crippen LogP contribution in [0, 0.1) is 0 Å². The molecule has 4 heteroatoms. The SMILES string of the molecule is CN1c2ccccc2C(c2ccc(Cl)cc2)=NCC1O. The Kier molecular flexibility index (Phi) is 3.47. The topological polar surface area (TPSA) is 35.8 Å². The zero-order chi connectivity index (χ0) is 14.1. The number of hydrogen-bond donors (Lipinski definition) is 1. The Labute approximate surface area is 123 Å². The van der Waals surface area contributed by atoms with Crippen LogP contribution in [0.25, 0.3) is 0 Å². The molecule has 1 atom stereocenters. The van der Waals surface area contributed by atoms with E-state index in [2.05, 4.69) is 4.99 Å². The number of likely N-dealkylation sites (N-methyl/N-ethyl adjacent to an activating group) is 1. The molecule has 0 spiro atoms. The summed E-state index contributed by atoms with van der Waals surface area (Å²) in [7, 11) is 1.88. The normalized spacial score (nSPS) is 18.2. The number of aliphatic hydroxyl groups excluding tert-OH is 1. The Morgan fingerprint density at radius 2 is 1.85 bits per heavy atom. The van der Waals surface area contributed by atoms with Crippen LogP contribution in [0.3, 0.4) is 0 Å². The van der Waals surface area contributed by atoms with E-state index in [1.54, 1.807) is 0 Å². The molecule has 0 aliphatic carbocycles. The van der Waals surface area contributed by atoms with Crippen LogP contribution in [0.2, 0.25) is 5.02 Å². The average Bonchev–Trinajstić information content (AvgIpc) is 2.60. The first kappa shape index (κ1) is 13.2. The number of benzodiazepines with no additional fused rings is 1. The lowest BCUT2D eigenvalue weighted by atomic mass is 10.0. The molecule has 0 fully saturated rings. The number of para-hydroxylation sites is 1. The van der Waals surface area contributed by atoms with E-state index in [9.17, 15) is 5.11 Å². The van der Waals surface area contributed by atoms with E-state index in [0.29, 0.717) is 11.6 Å². The van der Waals surface area contributed by atoms with E-state index < -0.39 is 6.23 Å². The van der Waals surface area contributed by atoms with Gasteiger partial charge in [0, 0.05) is 28.9 Å². The number of benzene rings is 2. The van der Waals surface area contributed by atoms with Gasteiger partial charge in [-0.15, -0.1) is 0 Å². The van der Waals surface area contributed by atoms with Crippen molar-refractivity contribution in [1.29, 1.82) is 0 Å². The molecule has 2 aromatic rings. The first-order valence-electron chi connectivity index (χ1n) is 6.47. The maximum Gasteiger partial charge on any atom is 0.146 e. The van der Waals surface area contributed by atoms with Crippen LogP contribution in [0.15, 0.2) is 53.5 Å². The van der Waals surface area contributed by atoms with E-state index in [4.69, 9.17) is 11.6 Å². The lowest BCUT2D eigenvalue weighted by Gasteiger charge is -2.24. The highest BCUT2D eigenvalue weighted by Crippen LogP contribution is 2.27. The third-order valence-electron chi connectivity index (χ3n) is 3.52. The molecule has 0 aromatic heterocycles. The highest BCUT2D eigenvalue weighted by atomic mass is 35.5. The van der Waals surface area contributed by atoms with Gasteiger partial charge in [-0.2, -0.15) is 0 Å². The Morgan fingerprint density at radius 1 is 1.15 bits per heavy atom. The van der Waals surface area contributed by atoms with E-state index in [0.717, 1.165) is 22.5 Å². The van der Waals surface area contributed by atoms with Gasteiger partial charge in [-0.1, -0.05) is 41.9 Å². The van der Waals surface area contributed by atoms with Gasteiger partial charge in [-0.05, 0) is 18.2 Å². The summed E-state index contributed by atoms with van der Waals surface area (Å²) in [5.74, 6) is 0. The molecule has 0 amide bonds. The number of rotatable bonds is 1. The van der Waals surface area contributed by atoms with Crippen molar-refractivity contribution in [2.45, 2.75) is 6.23 Å². The first-order valence-corrected chi connectivity index (χ1v) is 6.85. The van der Waals surface area contributed by atoms with Crippen molar-refractivity contribution >= 4 is 23.0 Å². The minimum atomic E-state index is -0.610. The second-order valence-corrected chi connectivity index (χ2v) is 5.24. The van der Waals surface area contributed by atoms with Crippen molar-refractivity contribution in [3.05, 3.63) is 64.7 Å². The summed E-state index contributed by atoms with van der Waals surface area (Å²) in [5, 5.41) is 10.8. The smallest absolute Gasteiger partial charge is 0.146 e. The highest BCUT2D eigenvalue weighted by Gasteiger charge is 2.22. The van der Waals surface area contributed by atoms with Crippen LogP contribution in [0.4, 0.5) is 5.69 Å². The largest absolute Gasteiger partial charge is 0.372 e. The molecule has 0 bridgehead atoms.